The van der Waals surface area contributed by atoms with Gasteiger partial charge in [-0.3, -0.25) is 4.90 Å². The maximum absolute atomic E-state index is 8.53. The highest BCUT2D eigenvalue weighted by Crippen LogP contribution is 2.21. The van der Waals surface area contributed by atoms with Gasteiger partial charge in [-0.15, -0.1) is 0 Å². The summed E-state index contributed by atoms with van der Waals surface area (Å²) in [6.45, 7) is 10.7. The number of rotatable bonds is 2. The summed E-state index contributed by atoms with van der Waals surface area (Å²) in [6, 6.07) is 2.78. The van der Waals surface area contributed by atoms with Crippen molar-refractivity contribution in [1.82, 2.24) is 4.90 Å². The largest absolute Gasteiger partial charge is 0.290 e. The van der Waals surface area contributed by atoms with Crippen LogP contribution in [0.1, 0.15) is 53.9 Å². The molecule has 0 spiro atoms. The molecule has 0 saturated carbocycles. The molecule has 1 aliphatic rings. The van der Waals surface area contributed by atoms with Crippen LogP contribution in [0.4, 0.5) is 0 Å². The van der Waals surface area contributed by atoms with Gasteiger partial charge in [0.1, 0.15) is 0 Å². The molecule has 0 amide bonds. The fraction of sp³-hybridized carbons (Fsp3) is 0.786. The van der Waals surface area contributed by atoms with Crippen molar-refractivity contribution in [2.45, 2.75) is 59.9 Å². The minimum absolute atomic E-state index is 0.554. The molecule has 0 fully saturated rings. The van der Waals surface area contributed by atoms with Crippen molar-refractivity contribution in [3.63, 3.8) is 0 Å². The number of hydrogen-bond donors (Lipinski definition) is 0. The minimum atomic E-state index is 0.554. The number of nitrogens with zero attached hydrogens (tertiary/aromatic N) is 2. The molecule has 2 heteroatoms. The zero-order chi connectivity index (χ0) is 13.0. The Kier molecular flexibility index (Phi) is 13.5. The first-order valence-corrected chi connectivity index (χ1v) is 6.47. The van der Waals surface area contributed by atoms with Gasteiger partial charge in [0.2, 0.25) is 0 Å². The Hall–Kier alpha value is -0.810. The van der Waals surface area contributed by atoms with Gasteiger partial charge in [0.25, 0.3) is 0 Å². The molecule has 0 aromatic carbocycles. The van der Waals surface area contributed by atoms with Crippen LogP contribution >= 0.6 is 0 Å². The number of allylic oxidation sites excluding steroid dienone is 1. The Morgan fingerprint density at radius 2 is 1.94 bits per heavy atom. The van der Waals surface area contributed by atoms with Crippen molar-refractivity contribution >= 4 is 0 Å². The first-order chi connectivity index (χ1) is 7.74. The van der Waals surface area contributed by atoms with Crippen molar-refractivity contribution in [3.05, 3.63) is 11.6 Å². The van der Waals surface area contributed by atoms with Crippen LogP contribution in [0.25, 0.3) is 0 Å². The van der Waals surface area contributed by atoms with E-state index in [-0.39, 0.29) is 0 Å². The van der Waals surface area contributed by atoms with Crippen LogP contribution in [0.15, 0.2) is 11.6 Å². The molecule has 0 saturated heterocycles. The molecule has 1 aliphatic carbocycles. The molecule has 2 nitrogen and oxygen atoms in total. The lowest BCUT2D eigenvalue weighted by Crippen LogP contribution is -2.33. The van der Waals surface area contributed by atoms with Crippen molar-refractivity contribution in [1.29, 1.82) is 5.26 Å². The fourth-order valence-electron chi connectivity index (χ4n) is 1.70. The van der Waals surface area contributed by atoms with E-state index in [0.717, 1.165) is 6.42 Å². The molecule has 0 aromatic heterocycles. The van der Waals surface area contributed by atoms with Crippen LogP contribution in [0.2, 0.25) is 0 Å². The SMILES string of the molecule is CC.CC.CC1=CCCC(N(C)CC#N)C1. The third kappa shape index (κ3) is 7.48. The molecule has 0 N–H and O–H groups in total. The molecule has 0 heterocycles. The van der Waals surface area contributed by atoms with Gasteiger partial charge in [0, 0.05) is 6.04 Å². The van der Waals surface area contributed by atoms with Gasteiger partial charge in [-0.25, -0.2) is 0 Å². The van der Waals surface area contributed by atoms with Gasteiger partial charge in [0.05, 0.1) is 12.6 Å². The maximum atomic E-state index is 8.53. The summed E-state index contributed by atoms with van der Waals surface area (Å²) in [5, 5.41) is 8.53. The summed E-state index contributed by atoms with van der Waals surface area (Å²) in [5.74, 6) is 0. The van der Waals surface area contributed by atoms with E-state index in [4.69, 9.17) is 5.26 Å². The summed E-state index contributed by atoms with van der Waals surface area (Å²) >= 11 is 0. The normalized spacial score (nSPS) is 18.4. The Morgan fingerprint density at radius 1 is 1.38 bits per heavy atom. The third-order valence-corrected chi connectivity index (χ3v) is 2.49. The van der Waals surface area contributed by atoms with E-state index in [1.54, 1.807) is 0 Å². The number of nitriles is 1. The second-order valence-corrected chi connectivity index (χ2v) is 3.56. The van der Waals surface area contributed by atoms with Crippen LogP contribution < -0.4 is 0 Å². The van der Waals surface area contributed by atoms with Gasteiger partial charge in [-0.05, 0) is 33.2 Å². The fourth-order valence-corrected chi connectivity index (χ4v) is 1.70. The average molecular weight is 224 g/mol. The Morgan fingerprint density at radius 3 is 2.38 bits per heavy atom. The standard InChI is InChI=1S/C10H16N2.2C2H6/c1-9-4-3-5-10(8-9)12(2)7-6-11;2*1-2/h4,10H,3,5,7-8H2,1-2H3;2*1-2H3. The highest BCUT2D eigenvalue weighted by atomic mass is 15.1. The van der Waals surface area contributed by atoms with Crippen molar-refractivity contribution < 1.29 is 0 Å². The summed E-state index contributed by atoms with van der Waals surface area (Å²) in [7, 11) is 2.03. The van der Waals surface area contributed by atoms with E-state index in [1.807, 2.05) is 34.7 Å². The van der Waals surface area contributed by atoms with Gasteiger partial charge >= 0.3 is 0 Å². The van der Waals surface area contributed by atoms with Gasteiger partial charge in [0.15, 0.2) is 0 Å². The second kappa shape index (κ2) is 12.3. The smallest absolute Gasteiger partial charge is 0.0866 e. The predicted molar refractivity (Wildman–Crippen MR) is 72.3 cm³/mol. The monoisotopic (exact) mass is 224 g/mol. The van der Waals surface area contributed by atoms with Crippen LogP contribution in [-0.4, -0.2) is 24.5 Å². The van der Waals surface area contributed by atoms with Gasteiger partial charge in [-0.1, -0.05) is 39.3 Å². The Bertz CT molecular complexity index is 213. The zero-order valence-corrected chi connectivity index (χ0v) is 11.9. The van der Waals surface area contributed by atoms with E-state index in [0.29, 0.717) is 12.6 Å². The molecule has 1 rings (SSSR count). The molecule has 0 radical (unpaired) electrons. The summed E-state index contributed by atoms with van der Waals surface area (Å²) in [6.07, 6.45) is 5.82. The molecule has 0 aliphatic heterocycles. The lowest BCUT2D eigenvalue weighted by Gasteiger charge is -2.28. The summed E-state index contributed by atoms with van der Waals surface area (Å²) < 4.78 is 0. The van der Waals surface area contributed by atoms with Crippen molar-refractivity contribution in [2.24, 2.45) is 0 Å². The topological polar surface area (TPSA) is 27.0 Å². The van der Waals surface area contributed by atoms with E-state index >= 15 is 0 Å². The number of hydrogen-bond acceptors (Lipinski definition) is 2. The van der Waals surface area contributed by atoms with Crippen molar-refractivity contribution in [2.75, 3.05) is 13.6 Å². The summed E-state index contributed by atoms with van der Waals surface area (Å²) in [5.41, 5.74) is 1.47. The lowest BCUT2D eigenvalue weighted by atomic mass is 9.95. The molecule has 0 bridgehead atoms. The highest BCUT2D eigenvalue weighted by Gasteiger charge is 2.16. The first-order valence-electron chi connectivity index (χ1n) is 6.47. The lowest BCUT2D eigenvalue weighted by molar-refractivity contribution is 0.248. The van der Waals surface area contributed by atoms with E-state index in [1.165, 1.54) is 18.4 Å². The first kappa shape index (κ1) is 17.6. The molecule has 1 atom stereocenters. The van der Waals surface area contributed by atoms with Crippen LogP contribution in [0, 0.1) is 11.3 Å². The second-order valence-electron chi connectivity index (χ2n) is 3.56. The predicted octanol–water partition coefficient (Wildman–Crippen LogP) is 3.99. The highest BCUT2D eigenvalue weighted by molar-refractivity contribution is 5.05. The molecular weight excluding hydrogens is 196 g/mol. The minimum Gasteiger partial charge on any atom is -0.290 e. The van der Waals surface area contributed by atoms with Crippen LogP contribution in [0.5, 0.6) is 0 Å². The Labute approximate surface area is 102 Å². The Balaban J connectivity index is 0. The average Bonchev–Trinajstić information content (AvgIpc) is 2.34. The van der Waals surface area contributed by atoms with Crippen LogP contribution in [-0.2, 0) is 0 Å². The molecule has 16 heavy (non-hydrogen) atoms. The van der Waals surface area contributed by atoms with Crippen molar-refractivity contribution in [3.8, 4) is 6.07 Å². The van der Waals surface area contributed by atoms with E-state index < -0.39 is 0 Å². The molecule has 94 valence electrons. The molecular formula is C14H28N2. The van der Waals surface area contributed by atoms with E-state index in [2.05, 4.69) is 24.0 Å². The summed E-state index contributed by atoms with van der Waals surface area (Å²) in [4.78, 5) is 2.15. The molecule has 0 aromatic rings. The van der Waals surface area contributed by atoms with Crippen LogP contribution in [0.3, 0.4) is 0 Å². The quantitative estimate of drug-likeness (QED) is 0.524. The maximum Gasteiger partial charge on any atom is 0.0866 e. The van der Waals surface area contributed by atoms with Gasteiger partial charge in [-0.2, -0.15) is 5.26 Å². The molecule has 1 unspecified atom stereocenters. The van der Waals surface area contributed by atoms with E-state index in [9.17, 15) is 0 Å². The zero-order valence-electron chi connectivity index (χ0n) is 11.9. The third-order valence-electron chi connectivity index (χ3n) is 2.49. The van der Waals surface area contributed by atoms with Gasteiger partial charge < -0.3 is 0 Å².